The van der Waals surface area contributed by atoms with Crippen molar-refractivity contribution in [1.82, 2.24) is 0 Å². The lowest BCUT2D eigenvalue weighted by Gasteiger charge is -2.18. The minimum atomic E-state index is 0.303. The van der Waals surface area contributed by atoms with E-state index in [1.165, 1.54) is 32.1 Å². The molecule has 0 aromatic heterocycles. The van der Waals surface area contributed by atoms with Gasteiger partial charge in [0.1, 0.15) is 5.78 Å². The molecule has 1 aliphatic rings. The van der Waals surface area contributed by atoms with Gasteiger partial charge in [0.05, 0.1) is 0 Å². The quantitative estimate of drug-likeness (QED) is 0.774. The summed E-state index contributed by atoms with van der Waals surface area (Å²) < 4.78 is 1.06. The number of ketones is 1. The second-order valence-corrected chi connectivity index (χ2v) is 6.13. The van der Waals surface area contributed by atoms with E-state index in [1.54, 1.807) is 0 Å². The molecule has 98 valence electrons. The lowest BCUT2D eigenvalue weighted by Crippen LogP contribution is -2.18. The Kier molecular flexibility index (Phi) is 5.43. The van der Waals surface area contributed by atoms with E-state index in [4.69, 9.17) is 0 Å². The Bertz CT molecular complexity index is 392. The Morgan fingerprint density at radius 2 is 1.67 bits per heavy atom. The van der Waals surface area contributed by atoms with E-state index in [0.717, 1.165) is 22.9 Å². The highest BCUT2D eigenvalue weighted by atomic mass is 79.9. The molecule has 0 atom stereocenters. The van der Waals surface area contributed by atoms with Gasteiger partial charge in [0, 0.05) is 16.8 Å². The van der Waals surface area contributed by atoms with E-state index in [2.05, 4.69) is 15.9 Å². The molecule has 0 unspecified atom stereocenters. The summed E-state index contributed by atoms with van der Waals surface area (Å²) in [5.41, 5.74) is 1.13. The number of Topliss-reactive ketones (excluding diaryl/α,β-unsaturated/α-hetero) is 1. The molecule has 0 N–H and O–H groups in total. The van der Waals surface area contributed by atoms with Crippen molar-refractivity contribution in [2.75, 3.05) is 0 Å². The average molecular weight is 309 g/mol. The number of benzene rings is 1. The maximum atomic E-state index is 12.4. The predicted octanol–water partition coefficient (Wildman–Crippen LogP) is 4.92. The summed E-state index contributed by atoms with van der Waals surface area (Å²) >= 11 is 3.52. The molecule has 1 fully saturated rings. The van der Waals surface area contributed by atoms with Gasteiger partial charge in [-0.2, -0.15) is 0 Å². The summed E-state index contributed by atoms with van der Waals surface area (Å²) in [6.45, 7) is 0. The van der Waals surface area contributed by atoms with Gasteiger partial charge >= 0.3 is 0 Å². The monoisotopic (exact) mass is 308 g/mol. The number of carbonyl (C=O) groups excluding carboxylic acids is 1. The van der Waals surface area contributed by atoms with Crippen LogP contribution in [-0.4, -0.2) is 5.78 Å². The zero-order valence-corrected chi connectivity index (χ0v) is 12.4. The highest BCUT2D eigenvalue weighted by molar-refractivity contribution is 9.10. The number of carbonyl (C=O) groups is 1. The van der Waals surface area contributed by atoms with Gasteiger partial charge < -0.3 is 0 Å². The molecule has 0 saturated heterocycles. The van der Waals surface area contributed by atoms with Crippen LogP contribution in [0, 0.1) is 5.92 Å². The first-order valence-electron chi connectivity index (χ1n) is 7.03. The first-order chi connectivity index (χ1) is 8.77. The molecule has 1 nitrogen and oxygen atoms in total. The highest BCUT2D eigenvalue weighted by Gasteiger charge is 2.19. The van der Waals surface area contributed by atoms with Crippen LogP contribution in [0.3, 0.4) is 0 Å². The van der Waals surface area contributed by atoms with Gasteiger partial charge in [-0.15, -0.1) is 0 Å². The largest absolute Gasteiger partial charge is 0.299 e. The number of halogens is 1. The Hall–Kier alpha value is -0.630. The van der Waals surface area contributed by atoms with Crippen LogP contribution in [0.5, 0.6) is 0 Å². The van der Waals surface area contributed by atoms with Gasteiger partial charge in [-0.3, -0.25) is 4.79 Å². The van der Waals surface area contributed by atoms with Crippen LogP contribution in [0.1, 0.15) is 50.5 Å². The molecule has 1 aliphatic carbocycles. The third-order valence-corrected chi connectivity index (χ3v) is 4.66. The van der Waals surface area contributed by atoms with Crippen LogP contribution in [0.25, 0.3) is 0 Å². The first-order valence-corrected chi connectivity index (χ1v) is 7.83. The van der Waals surface area contributed by atoms with Crippen molar-refractivity contribution in [2.45, 2.75) is 51.4 Å². The first kappa shape index (κ1) is 13.8. The fourth-order valence-corrected chi connectivity index (χ4v) is 3.18. The molecule has 18 heavy (non-hydrogen) atoms. The van der Waals surface area contributed by atoms with Gasteiger partial charge in [-0.1, -0.05) is 66.2 Å². The van der Waals surface area contributed by atoms with Crippen molar-refractivity contribution in [3.63, 3.8) is 0 Å². The van der Waals surface area contributed by atoms with Crippen LogP contribution in [0.2, 0.25) is 0 Å². The van der Waals surface area contributed by atoms with Crippen LogP contribution in [-0.2, 0) is 11.2 Å². The molecule has 1 aromatic carbocycles. The van der Waals surface area contributed by atoms with Crippen molar-refractivity contribution >= 4 is 21.7 Å². The normalized spacial score (nSPS) is 18.1. The van der Waals surface area contributed by atoms with Crippen molar-refractivity contribution in [1.29, 1.82) is 0 Å². The minimum absolute atomic E-state index is 0.303. The molecule has 0 amide bonds. The molecule has 0 bridgehead atoms. The third-order valence-electron chi connectivity index (χ3n) is 3.88. The van der Waals surface area contributed by atoms with Crippen LogP contribution >= 0.6 is 15.9 Å². The Morgan fingerprint density at radius 3 is 2.33 bits per heavy atom. The Labute approximate surface area is 118 Å². The maximum absolute atomic E-state index is 12.4. The predicted molar refractivity (Wildman–Crippen MR) is 78.7 cm³/mol. The average Bonchev–Trinajstić information content (AvgIpc) is 2.31. The Balaban J connectivity index is 1.96. The van der Waals surface area contributed by atoms with Crippen molar-refractivity contribution in [3.05, 3.63) is 34.3 Å². The molecule has 1 saturated carbocycles. The smallest absolute Gasteiger partial charge is 0.140 e. The van der Waals surface area contributed by atoms with E-state index in [1.807, 2.05) is 24.3 Å². The van der Waals surface area contributed by atoms with Gasteiger partial charge in [-0.05, 0) is 24.5 Å². The van der Waals surface area contributed by atoms with E-state index in [0.29, 0.717) is 18.1 Å². The van der Waals surface area contributed by atoms with Gasteiger partial charge in [0.2, 0.25) is 0 Å². The highest BCUT2D eigenvalue weighted by Crippen LogP contribution is 2.25. The standard InChI is InChI=1S/C16H21BrO/c17-15-11-7-6-10-14(15)12-16(18)13-8-4-2-1-3-5-9-13/h6-7,10-11,13H,1-5,8-9,12H2. The molecule has 1 aromatic rings. The summed E-state index contributed by atoms with van der Waals surface area (Å²) in [5.74, 6) is 0.737. The van der Waals surface area contributed by atoms with E-state index in [9.17, 15) is 4.79 Å². The second kappa shape index (κ2) is 7.08. The van der Waals surface area contributed by atoms with Crippen LogP contribution < -0.4 is 0 Å². The lowest BCUT2D eigenvalue weighted by molar-refractivity contribution is -0.122. The van der Waals surface area contributed by atoms with Crippen LogP contribution in [0.15, 0.2) is 28.7 Å². The van der Waals surface area contributed by atoms with Gasteiger partial charge in [-0.25, -0.2) is 0 Å². The van der Waals surface area contributed by atoms with Crippen molar-refractivity contribution in [3.8, 4) is 0 Å². The van der Waals surface area contributed by atoms with E-state index < -0.39 is 0 Å². The van der Waals surface area contributed by atoms with Crippen molar-refractivity contribution < 1.29 is 4.79 Å². The van der Waals surface area contributed by atoms with Crippen molar-refractivity contribution in [2.24, 2.45) is 5.92 Å². The minimum Gasteiger partial charge on any atom is -0.299 e. The summed E-state index contributed by atoms with van der Waals surface area (Å²) in [5, 5.41) is 0. The fourth-order valence-electron chi connectivity index (χ4n) is 2.75. The SMILES string of the molecule is O=C(Cc1ccccc1Br)C1CCCCCCC1. The second-order valence-electron chi connectivity index (χ2n) is 5.28. The summed E-state index contributed by atoms with van der Waals surface area (Å²) in [6.07, 6.45) is 9.21. The Morgan fingerprint density at radius 1 is 1.06 bits per heavy atom. The molecular formula is C16H21BrO. The van der Waals surface area contributed by atoms with Gasteiger partial charge in [0.15, 0.2) is 0 Å². The van der Waals surface area contributed by atoms with Gasteiger partial charge in [0.25, 0.3) is 0 Å². The fraction of sp³-hybridized carbons (Fsp3) is 0.562. The molecular weight excluding hydrogens is 288 g/mol. The molecule has 2 heteroatoms. The molecule has 0 radical (unpaired) electrons. The maximum Gasteiger partial charge on any atom is 0.140 e. The topological polar surface area (TPSA) is 17.1 Å². The molecule has 0 spiro atoms. The zero-order chi connectivity index (χ0) is 12.8. The summed E-state index contributed by atoms with van der Waals surface area (Å²) in [4.78, 5) is 12.4. The summed E-state index contributed by atoms with van der Waals surface area (Å²) in [7, 11) is 0. The zero-order valence-electron chi connectivity index (χ0n) is 10.8. The van der Waals surface area contributed by atoms with Crippen LogP contribution in [0.4, 0.5) is 0 Å². The molecule has 0 heterocycles. The van der Waals surface area contributed by atoms with E-state index in [-0.39, 0.29) is 0 Å². The molecule has 0 aliphatic heterocycles. The lowest BCUT2D eigenvalue weighted by atomic mass is 9.86. The number of rotatable bonds is 3. The summed E-state index contributed by atoms with van der Waals surface area (Å²) in [6, 6.07) is 8.06. The third kappa shape index (κ3) is 3.94. The number of hydrogen-bond acceptors (Lipinski definition) is 1. The number of hydrogen-bond donors (Lipinski definition) is 0. The molecule has 2 rings (SSSR count). The van der Waals surface area contributed by atoms with E-state index >= 15 is 0 Å².